The lowest BCUT2D eigenvalue weighted by Crippen LogP contribution is -2.22. The van der Waals surface area contributed by atoms with Gasteiger partial charge in [0.05, 0.1) is 0 Å². The van der Waals surface area contributed by atoms with E-state index in [4.69, 9.17) is 5.84 Å². The van der Waals surface area contributed by atoms with Crippen LogP contribution in [0.5, 0.6) is 0 Å². The SMILES string of the molecule is C=C(C)C1=C(NN)CCCCC1. The van der Waals surface area contributed by atoms with Crippen LogP contribution in [0.4, 0.5) is 0 Å². The first kappa shape index (κ1) is 9.33. The van der Waals surface area contributed by atoms with E-state index >= 15 is 0 Å². The molecule has 2 nitrogen and oxygen atoms in total. The Morgan fingerprint density at radius 1 is 1.33 bits per heavy atom. The largest absolute Gasteiger partial charge is 0.328 e. The molecular weight excluding hydrogens is 148 g/mol. The van der Waals surface area contributed by atoms with Crippen LogP contribution in [-0.2, 0) is 0 Å². The average Bonchev–Trinajstić information content (AvgIpc) is 2.27. The fraction of sp³-hybridized carbons (Fsp3) is 0.600. The molecule has 0 saturated carbocycles. The zero-order valence-electron chi connectivity index (χ0n) is 7.82. The minimum absolute atomic E-state index is 1.08. The molecular formula is C10H18N2. The molecule has 0 aromatic rings. The van der Waals surface area contributed by atoms with Gasteiger partial charge in [0.1, 0.15) is 0 Å². The zero-order valence-corrected chi connectivity index (χ0v) is 7.82. The zero-order chi connectivity index (χ0) is 8.97. The molecule has 0 aliphatic heterocycles. The molecule has 12 heavy (non-hydrogen) atoms. The number of allylic oxidation sites excluding steroid dienone is 3. The monoisotopic (exact) mass is 166 g/mol. The van der Waals surface area contributed by atoms with E-state index in [-0.39, 0.29) is 0 Å². The van der Waals surface area contributed by atoms with Gasteiger partial charge in [-0.3, -0.25) is 5.84 Å². The van der Waals surface area contributed by atoms with E-state index in [0.29, 0.717) is 0 Å². The second-order valence-electron chi connectivity index (χ2n) is 3.44. The van der Waals surface area contributed by atoms with Gasteiger partial charge in [0.25, 0.3) is 0 Å². The van der Waals surface area contributed by atoms with Gasteiger partial charge in [0.2, 0.25) is 0 Å². The maximum absolute atomic E-state index is 5.45. The summed E-state index contributed by atoms with van der Waals surface area (Å²) in [5.74, 6) is 5.45. The number of rotatable bonds is 2. The number of hydrogen-bond donors (Lipinski definition) is 2. The van der Waals surface area contributed by atoms with Crippen LogP contribution in [0, 0.1) is 0 Å². The van der Waals surface area contributed by atoms with E-state index in [1.54, 1.807) is 0 Å². The highest BCUT2D eigenvalue weighted by Gasteiger charge is 2.10. The number of nitrogens with two attached hydrogens (primary N) is 1. The van der Waals surface area contributed by atoms with Crippen molar-refractivity contribution in [1.82, 2.24) is 5.43 Å². The Morgan fingerprint density at radius 3 is 2.58 bits per heavy atom. The fourth-order valence-electron chi connectivity index (χ4n) is 1.71. The van der Waals surface area contributed by atoms with Gasteiger partial charge in [-0.05, 0) is 38.2 Å². The highest BCUT2D eigenvalue weighted by Crippen LogP contribution is 2.25. The summed E-state index contributed by atoms with van der Waals surface area (Å²) in [6.07, 6.45) is 6.04. The molecule has 0 saturated heterocycles. The molecule has 0 atom stereocenters. The molecule has 0 aromatic carbocycles. The van der Waals surface area contributed by atoms with Gasteiger partial charge in [0.15, 0.2) is 0 Å². The maximum atomic E-state index is 5.45. The Balaban J connectivity index is 2.81. The predicted molar refractivity (Wildman–Crippen MR) is 52.2 cm³/mol. The second-order valence-corrected chi connectivity index (χ2v) is 3.44. The van der Waals surface area contributed by atoms with Crippen molar-refractivity contribution in [2.45, 2.75) is 39.0 Å². The first-order valence-electron chi connectivity index (χ1n) is 4.60. The van der Waals surface area contributed by atoms with Gasteiger partial charge in [-0.1, -0.05) is 18.6 Å². The summed E-state index contributed by atoms with van der Waals surface area (Å²) < 4.78 is 0. The van der Waals surface area contributed by atoms with Gasteiger partial charge in [-0.25, -0.2) is 0 Å². The number of nitrogens with one attached hydrogen (secondary N) is 1. The Morgan fingerprint density at radius 2 is 2.00 bits per heavy atom. The summed E-state index contributed by atoms with van der Waals surface area (Å²) in [6, 6.07) is 0. The van der Waals surface area contributed by atoms with Crippen LogP contribution < -0.4 is 11.3 Å². The minimum Gasteiger partial charge on any atom is -0.328 e. The molecule has 68 valence electrons. The predicted octanol–water partition coefficient (Wildman–Crippen LogP) is 2.24. The quantitative estimate of drug-likeness (QED) is 0.487. The van der Waals surface area contributed by atoms with E-state index in [0.717, 1.165) is 18.4 Å². The van der Waals surface area contributed by atoms with Crippen molar-refractivity contribution >= 4 is 0 Å². The first-order valence-corrected chi connectivity index (χ1v) is 4.60. The lowest BCUT2D eigenvalue weighted by molar-refractivity contribution is 0.690. The third-order valence-corrected chi connectivity index (χ3v) is 2.41. The molecule has 0 aromatic heterocycles. The topological polar surface area (TPSA) is 38.0 Å². The van der Waals surface area contributed by atoms with Crippen molar-refractivity contribution in [1.29, 1.82) is 0 Å². The van der Waals surface area contributed by atoms with Crippen LogP contribution in [0.15, 0.2) is 23.4 Å². The third-order valence-electron chi connectivity index (χ3n) is 2.41. The number of hydrogen-bond acceptors (Lipinski definition) is 2. The van der Waals surface area contributed by atoms with Crippen molar-refractivity contribution in [3.63, 3.8) is 0 Å². The second kappa shape index (κ2) is 4.31. The van der Waals surface area contributed by atoms with E-state index in [1.807, 2.05) is 0 Å². The van der Waals surface area contributed by atoms with Gasteiger partial charge >= 0.3 is 0 Å². The summed E-state index contributed by atoms with van der Waals surface area (Å²) in [7, 11) is 0. The fourth-order valence-corrected chi connectivity index (χ4v) is 1.71. The van der Waals surface area contributed by atoms with Crippen molar-refractivity contribution in [3.05, 3.63) is 23.4 Å². The number of hydrazine groups is 1. The van der Waals surface area contributed by atoms with Crippen molar-refractivity contribution in [2.24, 2.45) is 5.84 Å². The summed E-state index contributed by atoms with van der Waals surface area (Å²) in [5, 5.41) is 0. The molecule has 0 unspecified atom stereocenters. The van der Waals surface area contributed by atoms with E-state index < -0.39 is 0 Å². The van der Waals surface area contributed by atoms with E-state index in [2.05, 4.69) is 18.9 Å². The third kappa shape index (κ3) is 2.11. The maximum Gasteiger partial charge on any atom is 0.0293 e. The van der Waals surface area contributed by atoms with Crippen LogP contribution in [0.3, 0.4) is 0 Å². The standard InChI is InChI=1S/C10H18N2/c1-8(2)9-6-4-3-5-7-10(9)12-11/h12H,1,3-7,11H2,2H3. The highest BCUT2D eigenvalue weighted by molar-refractivity contribution is 5.31. The van der Waals surface area contributed by atoms with Crippen molar-refractivity contribution in [2.75, 3.05) is 0 Å². The summed E-state index contributed by atoms with van der Waals surface area (Å²) >= 11 is 0. The van der Waals surface area contributed by atoms with Crippen LogP contribution in [0.1, 0.15) is 39.0 Å². The molecule has 0 bridgehead atoms. The Kier molecular flexibility index (Phi) is 3.35. The average molecular weight is 166 g/mol. The van der Waals surface area contributed by atoms with Crippen LogP contribution in [0.2, 0.25) is 0 Å². The van der Waals surface area contributed by atoms with Gasteiger partial charge in [-0.2, -0.15) is 0 Å². The van der Waals surface area contributed by atoms with Crippen LogP contribution >= 0.6 is 0 Å². The molecule has 0 fully saturated rings. The normalized spacial score (nSPS) is 18.8. The van der Waals surface area contributed by atoms with E-state index in [1.165, 1.54) is 30.5 Å². The van der Waals surface area contributed by atoms with Gasteiger partial charge in [-0.15, -0.1) is 0 Å². The van der Waals surface area contributed by atoms with E-state index in [9.17, 15) is 0 Å². The first-order chi connectivity index (χ1) is 5.75. The van der Waals surface area contributed by atoms with Crippen molar-refractivity contribution < 1.29 is 0 Å². The summed E-state index contributed by atoms with van der Waals surface area (Å²) in [5.41, 5.74) is 6.49. The lowest BCUT2D eigenvalue weighted by Gasteiger charge is -2.11. The molecule has 3 N–H and O–H groups in total. The molecule has 2 heteroatoms. The Labute approximate surface area is 74.5 Å². The van der Waals surface area contributed by atoms with Crippen molar-refractivity contribution in [3.8, 4) is 0 Å². The molecule has 1 rings (SSSR count). The van der Waals surface area contributed by atoms with Crippen LogP contribution in [-0.4, -0.2) is 0 Å². The Bertz CT molecular complexity index is 204. The molecule has 1 aliphatic rings. The smallest absolute Gasteiger partial charge is 0.0293 e. The molecule has 0 heterocycles. The summed E-state index contributed by atoms with van der Waals surface area (Å²) in [4.78, 5) is 0. The van der Waals surface area contributed by atoms with Gasteiger partial charge in [0, 0.05) is 5.70 Å². The highest BCUT2D eigenvalue weighted by atomic mass is 15.2. The molecule has 0 amide bonds. The van der Waals surface area contributed by atoms with Gasteiger partial charge < -0.3 is 5.43 Å². The minimum atomic E-state index is 1.08. The molecule has 0 spiro atoms. The molecule has 0 radical (unpaired) electrons. The van der Waals surface area contributed by atoms with Crippen LogP contribution in [0.25, 0.3) is 0 Å². The molecule has 1 aliphatic carbocycles. The summed E-state index contributed by atoms with van der Waals surface area (Å²) in [6.45, 7) is 6.02. The lowest BCUT2D eigenvalue weighted by atomic mass is 10.0. The Hall–Kier alpha value is -0.760.